The first-order valence-corrected chi connectivity index (χ1v) is 6.81. The van der Waals surface area contributed by atoms with Gasteiger partial charge in [-0.1, -0.05) is 34.8 Å². The third kappa shape index (κ3) is 4.30. The molecule has 2 aromatic carbocycles. The molecular formula is C14H10Cl3NO2. The summed E-state index contributed by atoms with van der Waals surface area (Å²) in [7, 11) is 0. The number of hydrogen-bond acceptors (Lipinski definition) is 2. The Balaban J connectivity index is 1.88. The number of hydrogen-bond donors (Lipinski definition) is 1. The molecule has 6 heteroatoms. The molecule has 0 bridgehead atoms. The minimum Gasteiger partial charge on any atom is -0.484 e. The number of carbonyl (C=O) groups excluding carboxylic acids is 1. The molecular weight excluding hydrogens is 321 g/mol. The van der Waals surface area contributed by atoms with Gasteiger partial charge in [0.2, 0.25) is 0 Å². The molecule has 1 N–H and O–H groups in total. The van der Waals surface area contributed by atoms with Crippen LogP contribution >= 0.6 is 34.8 Å². The van der Waals surface area contributed by atoms with Gasteiger partial charge < -0.3 is 10.1 Å². The molecule has 0 saturated heterocycles. The molecule has 0 radical (unpaired) electrons. The molecule has 0 unspecified atom stereocenters. The summed E-state index contributed by atoms with van der Waals surface area (Å²) in [6, 6.07) is 11.6. The zero-order chi connectivity index (χ0) is 14.5. The Morgan fingerprint density at radius 2 is 1.70 bits per heavy atom. The number of halogens is 3. The molecule has 0 fully saturated rings. The van der Waals surface area contributed by atoms with Crippen LogP contribution in [0, 0.1) is 0 Å². The summed E-state index contributed by atoms with van der Waals surface area (Å²) in [6.45, 7) is -0.124. The molecule has 3 nitrogen and oxygen atoms in total. The van der Waals surface area contributed by atoms with Crippen LogP contribution in [0.2, 0.25) is 15.1 Å². The van der Waals surface area contributed by atoms with E-state index in [0.717, 1.165) is 0 Å². The minimum atomic E-state index is -0.279. The molecule has 1 amide bonds. The maximum Gasteiger partial charge on any atom is 0.262 e. The van der Waals surface area contributed by atoms with Crippen LogP contribution in [0.15, 0.2) is 42.5 Å². The summed E-state index contributed by atoms with van der Waals surface area (Å²) < 4.78 is 5.32. The van der Waals surface area contributed by atoms with Crippen LogP contribution in [0.3, 0.4) is 0 Å². The van der Waals surface area contributed by atoms with E-state index in [1.165, 1.54) is 0 Å². The Morgan fingerprint density at radius 1 is 1.00 bits per heavy atom. The van der Waals surface area contributed by atoms with E-state index in [9.17, 15) is 4.79 Å². The van der Waals surface area contributed by atoms with Gasteiger partial charge >= 0.3 is 0 Å². The molecule has 0 heterocycles. The molecule has 2 rings (SSSR count). The van der Waals surface area contributed by atoms with E-state index in [2.05, 4.69) is 5.32 Å². The van der Waals surface area contributed by atoms with E-state index >= 15 is 0 Å². The third-order valence-electron chi connectivity index (χ3n) is 2.39. The molecule has 2 aromatic rings. The van der Waals surface area contributed by atoms with Crippen molar-refractivity contribution in [3.05, 3.63) is 57.5 Å². The second kappa shape index (κ2) is 6.84. The summed E-state index contributed by atoms with van der Waals surface area (Å²) in [5, 5.41) is 4.10. The van der Waals surface area contributed by atoms with E-state index < -0.39 is 0 Å². The number of rotatable bonds is 4. The average molecular weight is 331 g/mol. The van der Waals surface area contributed by atoms with Gasteiger partial charge in [-0.3, -0.25) is 4.79 Å². The van der Waals surface area contributed by atoms with Crippen LogP contribution in [0.1, 0.15) is 0 Å². The minimum absolute atomic E-state index is 0.124. The highest BCUT2D eigenvalue weighted by Gasteiger charge is 2.05. The Morgan fingerprint density at radius 3 is 2.35 bits per heavy atom. The lowest BCUT2D eigenvalue weighted by Gasteiger charge is -2.08. The van der Waals surface area contributed by atoms with E-state index in [1.807, 2.05) is 0 Å². The lowest BCUT2D eigenvalue weighted by molar-refractivity contribution is -0.118. The third-order valence-corrected chi connectivity index (χ3v) is 3.38. The molecule has 0 spiro atoms. The second-order valence-electron chi connectivity index (χ2n) is 3.92. The summed E-state index contributed by atoms with van der Waals surface area (Å²) in [5.41, 5.74) is 0.650. The van der Waals surface area contributed by atoms with Crippen molar-refractivity contribution in [1.29, 1.82) is 0 Å². The van der Waals surface area contributed by atoms with E-state index in [4.69, 9.17) is 39.5 Å². The van der Waals surface area contributed by atoms with Crippen LogP contribution in [0.5, 0.6) is 5.75 Å². The topological polar surface area (TPSA) is 38.3 Å². The van der Waals surface area contributed by atoms with Gasteiger partial charge in [0.25, 0.3) is 5.91 Å². The Bertz CT molecular complexity index is 614. The number of ether oxygens (including phenoxy) is 1. The molecule has 0 aliphatic rings. The average Bonchev–Trinajstić information content (AvgIpc) is 2.43. The van der Waals surface area contributed by atoms with Gasteiger partial charge in [0.05, 0.1) is 10.0 Å². The van der Waals surface area contributed by atoms with Gasteiger partial charge in [0, 0.05) is 16.8 Å². The zero-order valence-corrected chi connectivity index (χ0v) is 12.5. The normalized spacial score (nSPS) is 10.2. The first-order valence-electron chi connectivity index (χ1n) is 5.68. The highest BCUT2D eigenvalue weighted by molar-refractivity contribution is 6.42. The maximum absolute atomic E-state index is 11.7. The fourth-order valence-corrected chi connectivity index (χ4v) is 1.86. The largest absolute Gasteiger partial charge is 0.484 e. The fourth-order valence-electron chi connectivity index (χ4n) is 1.45. The fraction of sp³-hybridized carbons (Fsp3) is 0.0714. The van der Waals surface area contributed by atoms with Crippen molar-refractivity contribution in [3.8, 4) is 5.75 Å². The number of anilines is 1. The van der Waals surface area contributed by atoms with Crippen LogP contribution in [0.4, 0.5) is 5.69 Å². The van der Waals surface area contributed by atoms with Gasteiger partial charge in [-0.2, -0.15) is 0 Å². The quantitative estimate of drug-likeness (QED) is 0.885. The summed E-state index contributed by atoms with van der Waals surface area (Å²) in [6.07, 6.45) is 0. The maximum atomic E-state index is 11.7. The highest BCUT2D eigenvalue weighted by Crippen LogP contribution is 2.26. The lowest BCUT2D eigenvalue weighted by Crippen LogP contribution is -2.20. The molecule has 0 aromatic heterocycles. The smallest absolute Gasteiger partial charge is 0.262 e. The molecule has 104 valence electrons. The summed E-state index contributed by atoms with van der Waals surface area (Å²) in [5.74, 6) is 0.198. The van der Waals surface area contributed by atoms with Crippen molar-refractivity contribution in [3.63, 3.8) is 0 Å². The molecule has 20 heavy (non-hydrogen) atoms. The SMILES string of the molecule is O=C(COc1ccc(Cl)c(Cl)c1)Nc1ccc(Cl)cc1. The van der Waals surface area contributed by atoms with Gasteiger partial charge in [-0.15, -0.1) is 0 Å². The van der Waals surface area contributed by atoms with E-state index in [-0.39, 0.29) is 12.5 Å². The van der Waals surface area contributed by atoms with Crippen molar-refractivity contribution in [1.82, 2.24) is 0 Å². The van der Waals surface area contributed by atoms with Crippen molar-refractivity contribution in [2.24, 2.45) is 0 Å². The van der Waals surface area contributed by atoms with Crippen LogP contribution in [-0.4, -0.2) is 12.5 Å². The Hall–Kier alpha value is -1.42. The molecule has 0 aliphatic heterocycles. The molecule has 0 saturated carbocycles. The van der Waals surface area contributed by atoms with Gasteiger partial charge in [0.1, 0.15) is 5.75 Å². The van der Waals surface area contributed by atoms with Crippen LogP contribution in [-0.2, 0) is 4.79 Å². The summed E-state index contributed by atoms with van der Waals surface area (Å²) in [4.78, 5) is 11.7. The standard InChI is InChI=1S/C14H10Cl3NO2/c15-9-1-3-10(4-2-9)18-14(19)8-20-11-5-6-12(16)13(17)7-11/h1-7H,8H2,(H,18,19). The van der Waals surface area contributed by atoms with Crippen LogP contribution < -0.4 is 10.1 Å². The molecule has 0 atom stereocenters. The van der Waals surface area contributed by atoms with Gasteiger partial charge in [-0.25, -0.2) is 0 Å². The number of amides is 1. The second-order valence-corrected chi connectivity index (χ2v) is 5.17. The first-order chi connectivity index (χ1) is 9.54. The van der Waals surface area contributed by atoms with Crippen molar-refractivity contribution in [2.75, 3.05) is 11.9 Å². The Labute approximate surface area is 131 Å². The Kier molecular flexibility index (Phi) is 5.12. The lowest BCUT2D eigenvalue weighted by atomic mass is 10.3. The zero-order valence-electron chi connectivity index (χ0n) is 10.2. The predicted octanol–water partition coefficient (Wildman–Crippen LogP) is 4.66. The van der Waals surface area contributed by atoms with E-state index in [1.54, 1.807) is 42.5 Å². The summed E-state index contributed by atoms with van der Waals surface area (Å²) >= 11 is 17.4. The highest BCUT2D eigenvalue weighted by atomic mass is 35.5. The number of carbonyl (C=O) groups is 1. The van der Waals surface area contributed by atoms with Gasteiger partial charge in [-0.05, 0) is 36.4 Å². The number of benzene rings is 2. The van der Waals surface area contributed by atoms with Crippen molar-refractivity contribution < 1.29 is 9.53 Å². The van der Waals surface area contributed by atoms with Crippen LogP contribution in [0.25, 0.3) is 0 Å². The molecule has 0 aliphatic carbocycles. The van der Waals surface area contributed by atoms with Crippen molar-refractivity contribution in [2.45, 2.75) is 0 Å². The monoisotopic (exact) mass is 329 g/mol. The van der Waals surface area contributed by atoms with Gasteiger partial charge in [0.15, 0.2) is 6.61 Å². The van der Waals surface area contributed by atoms with E-state index in [0.29, 0.717) is 26.5 Å². The first kappa shape index (κ1) is 15.0. The predicted molar refractivity (Wildman–Crippen MR) is 82.0 cm³/mol. The number of nitrogens with one attached hydrogen (secondary N) is 1. The van der Waals surface area contributed by atoms with Crippen molar-refractivity contribution >= 4 is 46.4 Å².